The molecular formula is C29H34F2N3O9P. The van der Waals surface area contributed by atoms with Crippen LogP contribution in [0.15, 0.2) is 64.3 Å². The van der Waals surface area contributed by atoms with Crippen LogP contribution in [0.4, 0.5) is 8.78 Å². The van der Waals surface area contributed by atoms with Crippen molar-refractivity contribution in [3.8, 4) is 16.9 Å². The first-order chi connectivity index (χ1) is 20.6. The van der Waals surface area contributed by atoms with E-state index in [9.17, 15) is 28.4 Å². The Morgan fingerprint density at radius 3 is 2.43 bits per heavy atom. The summed E-state index contributed by atoms with van der Waals surface area (Å²) in [5.74, 6) is -1.08. The molecule has 0 saturated carbocycles. The molecule has 1 saturated heterocycles. The number of rotatable bonds is 11. The standard InChI is InChI=1S/C29H34F2N3O9P/c1-16(2)41-26(37)18(4)33-44(39,43-21-10-8-19(9-11-21)20-7-6-17(3)22(30)14-20)40-15-23-25(36)29(5,31)27(42-23)34-13-12-24(35)32-28(34)38/h6-14,16,18,23,25,27,36H,15H2,1-5H3,(H,33,39)(H,32,35,38)/t18-,23+,25?,27+,29+,44?/m0/s1. The van der Waals surface area contributed by atoms with Gasteiger partial charge < -0.3 is 19.1 Å². The van der Waals surface area contributed by atoms with Crippen molar-refractivity contribution < 1.29 is 41.8 Å². The molecule has 0 amide bonds. The highest BCUT2D eigenvalue weighted by atomic mass is 31.2. The van der Waals surface area contributed by atoms with Crippen LogP contribution >= 0.6 is 7.75 Å². The second-order valence-electron chi connectivity index (χ2n) is 10.8. The molecule has 2 aromatic carbocycles. The molecule has 1 aromatic heterocycles. The van der Waals surface area contributed by atoms with Gasteiger partial charge in [0, 0.05) is 12.3 Å². The van der Waals surface area contributed by atoms with Crippen LogP contribution in [0.3, 0.4) is 0 Å². The van der Waals surface area contributed by atoms with Gasteiger partial charge in [-0.25, -0.2) is 18.1 Å². The van der Waals surface area contributed by atoms with Crippen molar-refractivity contribution in [3.05, 3.63) is 86.9 Å². The third-order valence-corrected chi connectivity index (χ3v) is 8.52. The Kier molecular flexibility index (Phi) is 9.91. The minimum Gasteiger partial charge on any atom is -0.462 e. The summed E-state index contributed by atoms with van der Waals surface area (Å²) < 4.78 is 66.4. The van der Waals surface area contributed by atoms with Gasteiger partial charge in [-0.3, -0.25) is 23.7 Å². The van der Waals surface area contributed by atoms with Gasteiger partial charge in [0.05, 0.1) is 12.7 Å². The van der Waals surface area contributed by atoms with Crippen molar-refractivity contribution >= 4 is 13.7 Å². The van der Waals surface area contributed by atoms with Crippen LogP contribution in [0, 0.1) is 12.7 Å². The second-order valence-corrected chi connectivity index (χ2v) is 12.5. The maximum atomic E-state index is 15.6. The van der Waals surface area contributed by atoms with Crippen LogP contribution in [0.25, 0.3) is 11.1 Å². The largest absolute Gasteiger partial charge is 0.462 e. The summed E-state index contributed by atoms with van der Waals surface area (Å²) in [6.07, 6.45) is -4.43. The molecule has 2 unspecified atom stereocenters. The number of hydrogen-bond donors (Lipinski definition) is 3. The molecule has 3 N–H and O–H groups in total. The Morgan fingerprint density at radius 2 is 1.82 bits per heavy atom. The molecule has 44 heavy (non-hydrogen) atoms. The lowest BCUT2D eigenvalue weighted by Crippen LogP contribution is -2.43. The van der Waals surface area contributed by atoms with Crippen LogP contribution in [0.2, 0.25) is 0 Å². The number of aromatic amines is 1. The SMILES string of the molecule is Cc1ccc(-c2ccc(OP(=O)(N[C@@H](C)C(=O)OC(C)C)OC[C@H]3O[C@@H](n4ccc(=O)[nH]c4=O)[C@](C)(F)C3O)cc2)cc1F. The van der Waals surface area contributed by atoms with E-state index in [-0.39, 0.29) is 11.6 Å². The fourth-order valence-electron chi connectivity index (χ4n) is 4.47. The normalized spacial score (nSPS) is 23.7. The molecule has 1 fully saturated rings. The molecule has 6 atom stereocenters. The minimum atomic E-state index is -4.47. The molecule has 4 rings (SSSR count). The van der Waals surface area contributed by atoms with Gasteiger partial charge >= 0.3 is 19.4 Å². The summed E-state index contributed by atoms with van der Waals surface area (Å²) in [5, 5.41) is 13.2. The van der Waals surface area contributed by atoms with Crippen LogP contribution in [0.1, 0.15) is 39.5 Å². The van der Waals surface area contributed by atoms with E-state index in [0.29, 0.717) is 16.7 Å². The van der Waals surface area contributed by atoms with Gasteiger partial charge in [0.1, 0.15) is 29.8 Å². The van der Waals surface area contributed by atoms with E-state index in [1.807, 2.05) is 4.98 Å². The third kappa shape index (κ3) is 7.51. The summed E-state index contributed by atoms with van der Waals surface area (Å²) in [6.45, 7) is 6.58. The first kappa shape index (κ1) is 33.2. The van der Waals surface area contributed by atoms with E-state index in [4.69, 9.17) is 18.5 Å². The van der Waals surface area contributed by atoms with Gasteiger partial charge in [-0.05, 0) is 69.5 Å². The van der Waals surface area contributed by atoms with Crippen LogP contribution in [-0.4, -0.2) is 57.3 Å². The van der Waals surface area contributed by atoms with Crippen molar-refractivity contribution in [1.82, 2.24) is 14.6 Å². The number of aliphatic hydroxyl groups excluding tert-OH is 1. The summed E-state index contributed by atoms with van der Waals surface area (Å²) in [4.78, 5) is 38.2. The Balaban J connectivity index is 1.55. The number of ether oxygens (including phenoxy) is 2. The number of benzene rings is 2. The summed E-state index contributed by atoms with van der Waals surface area (Å²) in [6, 6.07) is 10.7. The zero-order valence-corrected chi connectivity index (χ0v) is 25.5. The van der Waals surface area contributed by atoms with E-state index in [0.717, 1.165) is 23.8 Å². The number of H-pyrrole nitrogens is 1. The van der Waals surface area contributed by atoms with Gasteiger partial charge in [0.15, 0.2) is 11.9 Å². The highest BCUT2D eigenvalue weighted by Crippen LogP contribution is 2.47. The molecule has 12 nitrogen and oxygen atoms in total. The number of halogens is 2. The van der Waals surface area contributed by atoms with Crippen LogP contribution in [0.5, 0.6) is 5.75 Å². The Labute approximate surface area is 251 Å². The van der Waals surface area contributed by atoms with E-state index in [1.165, 1.54) is 25.1 Å². The lowest BCUT2D eigenvalue weighted by Gasteiger charge is -2.25. The van der Waals surface area contributed by atoms with Gasteiger partial charge in [-0.1, -0.05) is 24.3 Å². The molecule has 1 aliphatic heterocycles. The lowest BCUT2D eigenvalue weighted by molar-refractivity contribution is -0.149. The predicted molar refractivity (Wildman–Crippen MR) is 155 cm³/mol. The quantitative estimate of drug-likeness (QED) is 0.209. The smallest absolute Gasteiger partial charge is 0.459 e. The van der Waals surface area contributed by atoms with Crippen molar-refractivity contribution in [2.24, 2.45) is 0 Å². The summed E-state index contributed by atoms with van der Waals surface area (Å²) in [5.41, 5.74) is -2.48. The number of carbonyl (C=O) groups is 1. The van der Waals surface area contributed by atoms with E-state index < -0.39 is 67.8 Å². The van der Waals surface area contributed by atoms with E-state index >= 15 is 4.39 Å². The van der Waals surface area contributed by atoms with Crippen molar-refractivity contribution in [2.75, 3.05) is 6.61 Å². The molecule has 3 aromatic rings. The Bertz CT molecular complexity index is 1660. The van der Waals surface area contributed by atoms with Crippen molar-refractivity contribution in [1.29, 1.82) is 0 Å². The van der Waals surface area contributed by atoms with Crippen LogP contribution < -0.4 is 20.9 Å². The molecule has 1 aliphatic rings. The molecule has 0 radical (unpaired) electrons. The Hall–Kier alpha value is -3.68. The molecule has 0 aliphatic carbocycles. The first-order valence-electron chi connectivity index (χ1n) is 13.7. The highest BCUT2D eigenvalue weighted by molar-refractivity contribution is 7.52. The molecule has 0 spiro atoms. The highest BCUT2D eigenvalue weighted by Gasteiger charge is 2.56. The maximum absolute atomic E-state index is 15.6. The number of aromatic nitrogens is 2. The fraction of sp³-hybridized carbons (Fsp3) is 0.414. The average Bonchev–Trinajstić information content (AvgIpc) is 3.17. The number of carbonyl (C=O) groups excluding carboxylic acids is 1. The average molecular weight is 638 g/mol. The molecular weight excluding hydrogens is 603 g/mol. The number of aryl methyl sites for hydroxylation is 1. The number of nitrogens with one attached hydrogen (secondary N) is 2. The van der Waals surface area contributed by atoms with Crippen molar-refractivity contribution in [2.45, 2.75) is 70.9 Å². The summed E-state index contributed by atoms with van der Waals surface area (Å²) in [7, 11) is -4.47. The van der Waals surface area contributed by atoms with Crippen molar-refractivity contribution in [3.63, 3.8) is 0 Å². The van der Waals surface area contributed by atoms with Gasteiger partial charge in [0.2, 0.25) is 0 Å². The number of hydrogen-bond acceptors (Lipinski definition) is 9. The monoisotopic (exact) mass is 637 g/mol. The molecule has 15 heteroatoms. The predicted octanol–water partition coefficient (Wildman–Crippen LogP) is 3.77. The first-order valence-corrected chi connectivity index (χ1v) is 15.3. The van der Waals surface area contributed by atoms with Crippen LogP contribution in [-0.2, 0) is 23.4 Å². The minimum absolute atomic E-state index is 0.0440. The maximum Gasteiger partial charge on any atom is 0.459 e. The Morgan fingerprint density at radius 1 is 1.16 bits per heavy atom. The zero-order chi connectivity index (χ0) is 32.4. The van der Waals surface area contributed by atoms with E-state index in [2.05, 4.69) is 5.09 Å². The van der Waals surface area contributed by atoms with Gasteiger partial charge in [-0.15, -0.1) is 0 Å². The number of esters is 1. The van der Waals surface area contributed by atoms with Gasteiger partial charge in [-0.2, -0.15) is 5.09 Å². The topological polar surface area (TPSA) is 158 Å². The molecule has 0 bridgehead atoms. The molecule has 238 valence electrons. The zero-order valence-electron chi connectivity index (χ0n) is 24.7. The fourth-order valence-corrected chi connectivity index (χ4v) is 5.97. The molecule has 2 heterocycles. The third-order valence-electron chi connectivity index (χ3n) is 6.87. The van der Waals surface area contributed by atoms with E-state index in [1.54, 1.807) is 45.0 Å². The number of alkyl halides is 1. The second kappa shape index (κ2) is 13.1. The lowest BCUT2D eigenvalue weighted by atomic mass is 9.98. The number of aliphatic hydroxyl groups is 1. The number of nitrogens with zero attached hydrogens (tertiary/aromatic N) is 1. The summed E-state index contributed by atoms with van der Waals surface area (Å²) >= 11 is 0. The van der Waals surface area contributed by atoms with Gasteiger partial charge in [0.25, 0.3) is 5.56 Å².